The van der Waals surface area contributed by atoms with Gasteiger partial charge in [0.25, 0.3) is 0 Å². The predicted octanol–water partition coefficient (Wildman–Crippen LogP) is 3.92. The number of hydrogen-bond acceptors (Lipinski definition) is 10. The fourth-order valence-electron chi connectivity index (χ4n) is 4.71. The van der Waals surface area contributed by atoms with E-state index >= 15 is 0 Å². The maximum absolute atomic E-state index is 14.2. The highest BCUT2D eigenvalue weighted by molar-refractivity contribution is 7.59. The van der Waals surface area contributed by atoms with Crippen LogP contribution >= 0.6 is 7.44 Å². The van der Waals surface area contributed by atoms with Gasteiger partial charge in [0.1, 0.15) is 35.9 Å². The lowest BCUT2D eigenvalue weighted by atomic mass is 10.1. The molecule has 3 atom stereocenters. The van der Waals surface area contributed by atoms with Crippen molar-refractivity contribution >= 4 is 36.4 Å². The quantitative estimate of drug-likeness (QED) is 0.137. The molecule has 2 heterocycles. The lowest BCUT2D eigenvalue weighted by molar-refractivity contribution is -0.150. The van der Waals surface area contributed by atoms with Crippen LogP contribution in [0.5, 0.6) is 0 Å². The molecule has 0 radical (unpaired) electrons. The Morgan fingerprint density at radius 3 is 2.61 bits per heavy atom. The molecule has 2 aromatic rings. The second kappa shape index (κ2) is 15.0. The summed E-state index contributed by atoms with van der Waals surface area (Å²) in [7, 11) is -3.69. The van der Waals surface area contributed by atoms with E-state index in [2.05, 4.69) is 32.1 Å². The number of nitrogen functional groups attached to an aromatic ring is 1. The fourth-order valence-corrected chi connectivity index (χ4v) is 7.10. The highest BCUT2D eigenvalue weighted by Gasteiger charge is 2.39. The van der Waals surface area contributed by atoms with Crippen molar-refractivity contribution in [2.75, 3.05) is 18.7 Å². The lowest BCUT2D eigenvalue weighted by Crippen LogP contribution is -2.50. The number of ether oxygens (including phenoxy) is 3. The van der Waals surface area contributed by atoms with E-state index in [1.54, 1.807) is 31.7 Å². The number of hydrogen-bond donors (Lipinski definition) is 3. The van der Waals surface area contributed by atoms with Crippen molar-refractivity contribution in [1.29, 1.82) is 0 Å². The van der Waals surface area contributed by atoms with Gasteiger partial charge in [-0.05, 0) is 59.8 Å². The van der Waals surface area contributed by atoms with Crippen LogP contribution in [0.4, 0.5) is 5.82 Å². The smallest absolute Gasteiger partial charge is 0.326 e. The van der Waals surface area contributed by atoms with Gasteiger partial charge in [-0.25, -0.2) is 25.1 Å². The third kappa shape index (κ3) is 9.73. The van der Waals surface area contributed by atoms with Gasteiger partial charge in [0, 0.05) is 0 Å². The van der Waals surface area contributed by atoms with Crippen LogP contribution in [0.3, 0.4) is 0 Å². The molecule has 4 N–H and O–H groups in total. The molecule has 41 heavy (non-hydrogen) atoms. The van der Waals surface area contributed by atoms with Gasteiger partial charge in [-0.2, -0.15) is 0 Å². The summed E-state index contributed by atoms with van der Waals surface area (Å²) in [6.07, 6.45) is 9.65. The van der Waals surface area contributed by atoms with Crippen LogP contribution in [0.1, 0.15) is 86.0 Å². The third-order valence-electron chi connectivity index (χ3n) is 6.97. The van der Waals surface area contributed by atoms with E-state index in [0.717, 1.165) is 51.4 Å². The summed E-state index contributed by atoms with van der Waals surface area (Å²) < 4.78 is 33.1. The van der Waals surface area contributed by atoms with Crippen molar-refractivity contribution in [2.45, 2.75) is 116 Å². The molecule has 1 aliphatic rings. The van der Waals surface area contributed by atoms with E-state index in [1.807, 2.05) is 6.92 Å². The molecule has 0 amide bonds. The number of carbonyl (C=O) groups is 2. The molecule has 0 saturated heterocycles. The van der Waals surface area contributed by atoms with Gasteiger partial charge in [0.2, 0.25) is 7.44 Å². The normalized spacial score (nSPS) is 17.3. The lowest BCUT2D eigenvalue weighted by Gasteiger charge is -2.32. The number of unbranched alkanes of at least 4 members (excludes halogenated alkanes) is 3. The number of esters is 2. The van der Waals surface area contributed by atoms with Crippen molar-refractivity contribution in [2.24, 2.45) is 0 Å². The standard InChI is InChI=1S/C27H46N7O6P/c1-6-7-8-11-14-38-26(36)27(4,5)33-41(37,32-20(3)25(35)40-21-12-9-10-13-21)18-39-19(2)15-34-17-31-22-23(28)29-16-30-24(22)34/h16-17,19-21H,6-15,18H2,1-5H3,(H2,28,29,30)(H2,32,33,37)/t19-,20-,41-/m1/s1. The molecule has 1 fully saturated rings. The number of aromatic nitrogens is 4. The van der Waals surface area contributed by atoms with Crippen LogP contribution in [0.2, 0.25) is 0 Å². The summed E-state index contributed by atoms with van der Waals surface area (Å²) in [5.74, 6) is -0.754. The number of nitrogens with two attached hydrogens (primary N) is 1. The third-order valence-corrected chi connectivity index (χ3v) is 9.20. The van der Waals surface area contributed by atoms with E-state index in [0.29, 0.717) is 17.7 Å². The topological polar surface area (TPSA) is 173 Å². The van der Waals surface area contributed by atoms with Crippen LogP contribution in [-0.2, 0) is 34.9 Å². The minimum absolute atomic E-state index is 0.127. The van der Waals surface area contributed by atoms with Crippen molar-refractivity contribution < 1.29 is 28.4 Å². The van der Waals surface area contributed by atoms with E-state index in [1.165, 1.54) is 6.33 Å². The van der Waals surface area contributed by atoms with Crippen LogP contribution < -0.4 is 15.9 Å². The van der Waals surface area contributed by atoms with Crippen LogP contribution in [0.15, 0.2) is 12.7 Å². The van der Waals surface area contributed by atoms with Crippen molar-refractivity contribution in [3.8, 4) is 0 Å². The Morgan fingerprint density at radius 2 is 1.90 bits per heavy atom. The largest absolute Gasteiger partial charge is 0.464 e. The minimum atomic E-state index is -3.69. The molecule has 1 saturated carbocycles. The number of rotatable bonds is 17. The van der Waals surface area contributed by atoms with Gasteiger partial charge in [-0.3, -0.25) is 14.2 Å². The SMILES string of the molecule is CCCCCCOC(=O)C(C)(C)N[P@@](=O)(CO[C@H](C)Cn1cnc2c(N)ncnc21)N[C@H](C)C(=O)OC1CCCC1. The second-order valence-corrected chi connectivity index (χ2v) is 13.5. The van der Waals surface area contributed by atoms with Crippen LogP contribution in [0.25, 0.3) is 11.2 Å². The van der Waals surface area contributed by atoms with Crippen molar-refractivity contribution in [1.82, 2.24) is 29.7 Å². The zero-order chi connectivity index (χ0) is 30.0. The van der Waals surface area contributed by atoms with Gasteiger partial charge >= 0.3 is 11.9 Å². The molecule has 0 unspecified atom stereocenters. The molecule has 0 aromatic carbocycles. The number of fused-ring (bicyclic) bond motifs is 1. The Morgan fingerprint density at radius 1 is 1.17 bits per heavy atom. The monoisotopic (exact) mass is 595 g/mol. The molecule has 0 bridgehead atoms. The predicted molar refractivity (Wildman–Crippen MR) is 156 cm³/mol. The summed E-state index contributed by atoms with van der Waals surface area (Å²) in [6.45, 7) is 9.34. The number of imidazole rings is 1. The maximum atomic E-state index is 14.2. The highest BCUT2D eigenvalue weighted by atomic mass is 31.2. The van der Waals surface area contributed by atoms with Gasteiger partial charge in [-0.1, -0.05) is 26.2 Å². The Kier molecular flexibility index (Phi) is 12.1. The fraction of sp³-hybridized carbons (Fsp3) is 0.741. The molecule has 1 aliphatic carbocycles. The highest BCUT2D eigenvalue weighted by Crippen LogP contribution is 2.40. The zero-order valence-electron chi connectivity index (χ0n) is 24.9. The average molecular weight is 596 g/mol. The Hall–Kier alpha value is -2.60. The molecule has 14 heteroatoms. The van der Waals surface area contributed by atoms with Crippen molar-refractivity contribution in [3.05, 3.63) is 12.7 Å². The van der Waals surface area contributed by atoms with Gasteiger partial charge in [-0.15, -0.1) is 0 Å². The van der Waals surface area contributed by atoms with Gasteiger partial charge < -0.3 is 24.5 Å². The zero-order valence-corrected chi connectivity index (χ0v) is 25.8. The van der Waals surface area contributed by atoms with E-state index < -0.39 is 37.1 Å². The van der Waals surface area contributed by atoms with Crippen molar-refractivity contribution in [3.63, 3.8) is 0 Å². The average Bonchev–Trinajstić information content (AvgIpc) is 3.58. The van der Waals surface area contributed by atoms with E-state index in [9.17, 15) is 14.2 Å². The summed E-state index contributed by atoms with van der Waals surface area (Å²) in [4.78, 5) is 38.2. The number of nitrogens with zero attached hydrogens (tertiary/aromatic N) is 4. The number of anilines is 1. The first-order valence-corrected chi connectivity index (χ1v) is 16.4. The summed E-state index contributed by atoms with van der Waals surface area (Å²) in [5.41, 5.74) is 5.61. The summed E-state index contributed by atoms with van der Waals surface area (Å²) in [5, 5.41) is 5.83. The maximum Gasteiger partial charge on any atom is 0.326 e. The molecular formula is C27H46N7O6P. The molecule has 0 aliphatic heterocycles. The minimum Gasteiger partial charge on any atom is -0.464 e. The first-order valence-electron chi connectivity index (χ1n) is 14.5. The Bertz CT molecular complexity index is 1200. The Balaban J connectivity index is 1.67. The molecule has 3 rings (SSSR count). The van der Waals surface area contributed by atoms with Crippen LogP contribution in [-0.4, -0.2) is 68.2 Å². The Labute approximate surface area is 242 Å². The molecule has 13 nitrogen and oxygen atoms in total. The molecular weight excluding hydrogens is 549 g/mol. The number of nitrogens with one attached hydrogen (secondary N) is 2. The summed E-state index contributed by atoms with van der Waals surface area (Å²) >= 11 is 0. The molecule has 230 valence electrons. The van der Waals surface area contributed by atoms with E-state index in [-0.39, 0.29) is 24.9 Å². The van der Waals surface area contributed by atoms with Gasteiger partial charge in [0.05, 0.1) is 25.6 Å². The first kappa shape index (κ1) is 32.9. The van der Waals surface area contributed by atoms with E-state index in [4.69, 9.17) is 19.9 Å². The van der Waals surface area contributed by atoms with Gasteiger partial charge in [0.15, 0.2) is 11.5 Å². The summed E-state index contributed by atoms with van der Waals surface area (Å²) in [6, 6.07) is -0.897. The molecule has 0 spiro atoms. The number of carbonyl (C=O) groups excluding carboxylic acids is 2. The second-order valence-electron chi connectivity index (χ2n) is 11.3. The van der Waals surface area contributed by atoms with Crippen LogP contribution in [0, 0.1) is 0 Å². The molecule has 2 aromatic heterocycles. The first-order chi connectivity index (χ1) is 19.4.